The number of rotatable bonds is 5. The van der Waals surface area contributed by atoms with Gasteiger partial charge in [0.15, 0.2) is 0 Å². The minimum Gasteiger partial charge on any atom is -0.415 e. The van der Waals surface area contributed by atoms with Gasteiger partial charge < -0.3 is 9.32 Å². The van der Waals surface area contributed by atoms with Gasteiger partial charge in [-0.25, -0.2) is 9.37 Å². The maximum absolute atomic E-state index is 13.5. The van der Waals surface area contributed by atoms with E-state index in [0.29, 0.717) is 22.6 Å². The fourth-order valence-electron chi connectivity index (χ4n) is 2.94. The zero-order valence-electron chi connectivity index (χ0n) is 16.9. The molecule has 4 aromatic rings. The lowest BCUT2D eigenvalue weighted by molar-refractivity contribution is 0.578. The quantitative estimate of drug-likeness (QED) is 0.477. The van der Waals surface area contributed by atoms with E-state index in [2.05, 4.69) is 26.7 Å². The molecule has 0 fully saturated rings. The van der Waals surface area contributed by atoms with Crippen molar-refractivity contribution >= 4 is 5.70 Å². The fraction of sp³-hybridized carbons (Fsp3) is 0.130. The van der Waals surface area contributed by atoms with Crippen LogP contribution >= 0.6 is 0 Å². The molecule has 2 heterocycles. The van der Waals surface area contributed by atoms with Gasteiger partial charge in [-0.15, -0.1) is 10.2 Å². The summed E-state index contributed by atoms with van der Waals surface area (Å²) in [5.41, 5.74) is 5.20. The van der Waals surface area contributed by atoms with Crippen molar-refractivity contribution in [3.63, 3.8) is 0 Å². The Kier molecular flexibility index (Phi) is 5.10. The van der Waals surface area contributed by atoms with Gasteiger partial charge in [0.2, 0.25) is 5.89 Å². The first-order valence-corrected chi connectivity index (χ1v) is 9.33. The van der Waals surface area contributed by atoms with E-state index in [4.69, 9.17) is 4.42 Å². The lowest BCUT2D eigenvalue weighted by Crippen LogP contribution is -2.08. The summed E-state index contributed by atoms with van der Waals surface area (Å²) in [4.78, 5) is 11.1. The Morgan fingerprint density at radius 3 is 2.43 bits per heavy atom. The van der Waals surface area contributed by atoms with Crippen LogP contribution in [0.25, 0.3) is 40.0 Å². The molecule has 2 aromatic heterocycles. The molecular weight excluding hydrogens is 381 g/mol. The van der Waals surface area contributed by atoms with Crippen LogP contribution in [0.1, 0.15) is 11.3 Å². The molecule has 30 heavy (non-hydrogen) atoms. The molecule has 0 aliphatic heterocycles. The van der Waals surface area contributed by atoms with E-state index >= 15 is 0 Å². The molecule has 0 unspecified atom stereocenters. The van der Waals surface area contributed by atoms with Crippen LogP contribution in [-0.4, -0.2) is 39.2 Å². The van der Waals surface area contributed by atoms with Crippen molar-refractivity contribution in [2.24, 2.45) is 0 Å². The normalized spacial score (nSPS) is 10.8. The molecule has 0 atom stereocenters. The van der Waals surface area contributed by atoms with Crippen molar-refractivity contribution in [2.75, 3.05) is 14.1 Å². The average Bonchev–Trinajstić information content (AvgIpc) is 3.24. The topological polar surface area (TPSA) is 67.9 Å². The Balaban J connectivity index is 1.67. The highest BCUT2D eigenvalue weighted by Gasteiger charge is 2.16. The Morgan fingerprint density at radius 1 is 1.00 bits per heavy atom. The third-order valence-electron chi connectivity index (χ3n) is 4.71. The number of aryl methyl sites for hydroxylation is 1. The summed E-state index contributed by atoms with van der Waals surface area (Å²) < 4.78 is 19.2. The van der Waals surface area contributed by atoms with Crippen molar-refractivity contribution in [2.45, 2.75) is 6.92 Å². The zero-order chi connectivity index (χ0) is 21.3. The number of benzene rings is 2. The van der Waals surface area contributed by atoms with E-state index in [1.807, 2.05) is 50.2 Å². The van der Waals surface area contributed by atoms with Gasteiger partial charge in [0, 0.05) is 30.9 Å². The summed E-state index contributed by atoms with van der Waals surface area (Å²) in [6.07, 6.45) is 1.71. The fourth-order valence-corrected chi connectivity index (χ4v) is 2.94. The molecule has 4 rings (SSSR count). The second-order valence-electron chi connectivity index (χ2n) is 7.03. The maximum atomic E-state index is 13.5. The van der Waals surface area contributed by atoms with Crippen LogP contribution in [-0.2, 0) is 0 Å². The van der Waals surface area contributed by atoms with Crippen LogP contribution in [0, 0.1) is 12.7 Å². The molecule has 0 aliphatic rings. The lowest BCUT2D eigenvalue weighted by atomic mass is 10.1. The molecule has 7 heteroatoms. The highest BCUT2D eigenvalue weighted by atomic mass is 19.1. The standard InChI is InChI=1S/C23H20FN5O/c1-14-21(23-28-27-22(30-23)18-6-5-7-19(24)12-18)26-20(13-25-14)17-10-8-16(9-11-17)15(2)29(3)4/h5-13H,2H2,1,3-4H3. The van der Waals surface area contributed by atoms with Crippen molar-refractivity contribution in [3.05, 3.63) is 78.4 Å². The largest absolute Gasteiger partial charge is 0.415 e. The maximum Gasteiger partial charge on any atom is 0.268 e. The molecule has 0 saturated carbocycles. The highest BCUT2D eigenvalue weighted by Crippen LogP contribution is 2.27. The summed E-state index contributed by atoms with van der Waals surface area (Å²) >= 11 is 0. The van der Waals surface area contributed by atoms with Gasteiger partial charge in [0.25, 0.3) is 5.89 Å². The first-order chi connectivity index (χ1) is 14.4. The van der Waals surface area contributed by atoms with Crippen molar-refractivity contribution in [1.29, 1.82) is 0 Å². The minimum absolute atomic E-state index is 0.225. The van der Waals surface area contributed by atoms with E-state index in [9.17, 15) is 4.39 Å². The number of aromatic nitrogens is 4. The molecule has 0 amide bonds. The van der Waals surface area contributed by atoms with Crippen LogP contribution in [0.15, 0.2) is 65.7 Å². The second kappa shape index (κ2) is 7.87. The molecule has 150 valence electrons. The first-order valence-electron chi connectivity index (χ1n) is 9.33. The van der Waals surface area contributed by atoms with Crippen molar-refractivity contribution in [1.82, 2.24) is 25.1 Å². The predicted molar refractivity (Wildman–Crippen MR) is 114 cm³/mol. The number of nitrogens with zero attached hydrogens (tertiary/aromatic N) is 5. The van der Waals surface area contributed by atoms with E-state index in [1.165, 1.54) is 12.1 Å². The van der Waals surface area contributed by atoms with Crippen LogP contribution in [0.3, 0.4) is 0 Å². The smallest absolute Gasteiger partial charge is 0.268 e. The highest BCUT2D eigenvalue weighted by molar-refractivity contribution is 5.68. The summed E-state index contributed by atoms with van der Waals surface area (Å²) in [6.45, 7) is 5.89. The number of halogens is 1. The van der Waals surface area contributed by atoms with Crippen molar-refractivity contribution < 1.29 is 8.81 Å². The monoisotopic (exact) mass is 401 g/mol. The Hall–Kier alpha value is -3.87. The third kappa shape index (κ3) is 3.82. The number of hydrogen-bond acceptors (Lipinski definition) is 6. The molecule has 6 nitrogen and oxygen atoms in total. The Morgan fingerprint density at radius 2 is 1.73 bits per heavy atom. The van der Waals surface area contributed by atoms with Crippen LogP contribution in [0.2, 0.25) is 0 Å². The van der Waals surface area contributed by atoms with Gasteiger partial charge in [-0.05, 0) is 30.7 Å². The minimum atomic E-state index is -0.370. The Labute approximate surface area is 173 Å². The van der Waals surface area contributed by atoms with Gasteiger partial charge in [0.05, 0.1) is 17.6 Å². The number of hydrogen-bond donors (Lipinski definition) is 0. The second-order valence-corrected chi connectivity index (χ2v) is 7.03. The average molecular weight is 401 g/mol. The van der Waals surface area contributed by atoms with E-state index < -0.39 is 0 Å². The molecule has 2 aromatic carbocycles. The summed E-state index contributed by atoms with van der Waals surface area (Å²) in [5, 5.41) is 8.12. The Bertz CT molecular complexity index is 1210. The van der Waals surface area contributed by atoms with Gasteiger partial charge in [-0.3, -0.25) is 4.98 Å². The van der Waals surface area contributed by atoms with Gasteiger partial charge in [-0.1, -0.05) is 36.9 Å². The van der Waals surface area contributed by atoms with Crippen LogP contribution in [0.4, 0.5) is 4.39 Å². The predicted octanol–water partition coefficient (Wildman–Crippen LogP) is 4.84. The van der Waals surface area contributed by atoms with Gasteiger partial charge in [-0.2, -0.15) is 0 Å². The van der Waals surface area contributed by atoms with Gasteiger partial charge in [0.1, 0.15) is 11.5 Å². The van der Waals surface area contributed by atoms with Crippen LogP contribution < -0.4 is 0 Å². The summed E-state index contributed by atoms with van der Waals surface area (Å²) in [7, 11) is 3.91. The molecule has 0 aliphatic carbocycles. The zero-order valence-corrected chi connectivity index (χ0v) is 16.9. The van der Waals surface area contributed by atoms with E-state index in [-0.39, 0.29) is 17.6 Å². The van der Waals surface area contributed by atoms with Crippen LogP contribution in [0.5, 0.6) is 0 Å². The first kappa shape index (κ1) is 19.4. The molecule has 0 saturated heterocycles. The molecular formula is C23H20FN5O. The van der Waals surface area contributed by atoms with E-state index in [0.717, 1.165) is 16.8 Å². The molecule has 0 radical (unpaired) electrons. The third-order valence-corrected chi connectivity index (χ3v) is 4.71. The SMILES string of the molecule is C=C(c1ccc(-c2cnc(C)c(-c3nnc(-c4cccc(F)c4)o3)n2)cc1)N(C)C. The lowest BCUT2D eigenvalue weighted by Gasteiger charge is -2.16. The van der Waals surface area contributed by atoms with Gasteiger partial charge >= 0.3 is 0 Å². The molecule has 0 bridgehead atoms. The molecule has 0 spiro atoms. The molecule has 0 N–H and O–H groups in total. The van der Waals surface area contributed by atoms with E-state index in [1.54, 1.807) is 18.3 Å². The van der Waals surface area contributed by atoms with Crippen molar-refractivity contribution in [3.8, 4) is 34.3 Å². The summed E-state index contributed by atoms with van der Waals surface area (Å²) in [6, 6.07) is 13.9. The summed E-state index contributed by atoms with van der Waals surface area (Å²) in [5.74, 6) is 0.0898.